The van der Waals surface area contributed by atoms with Crippen LogP contribution in [0, 0.1) is 13.8 Å². The molecule has 4 rings (SSSR count). The van der Waals surface area contributed by atoms with Crippen LogP contribution in [0.3, 0.4) is 0 Å². The summed E-state index contributed by atoms with van der Waals surface area (Å²) in [7, 11) is 0. The predicted octanol–water partition coefficient (Wildman–Crippen LogP) is 3.61. The van der Waals surface area contributed by atoms with Gasteiger partial charge in [-0.3, -0.25) is 9.69 Å². The molecule has 1 fully saturated rings. The number of nitrogens with one attached hydrogen (secondary N) is 1. The lowest BCUT2D eigenvalue weighted by molar-refractivity contribution is 0.0169. The van der Waals surface area contributed by atoms with E-state index in [9.17, 15) is 4.79 Å². The molecule has 1 atom stereocenters. The molecule has 0 aromatic carbocycles. The van der Waals surface area contributed by atoms with Crippen LogP contribution in [-0.2, 0) is 11.3 Å². The monoisotopic (exact) mass is 413 g/mol. The van der Waals surface area contributed by atoms with E-state index in [1.165, 1.54) is 4.88 Å². The molecular formula is C22H27N3O3S. The number of thiophene rings is 1. The van der Waals surface area contributed by atoms with Gasteiger partial charge in [-0.05, 0) is 43.5 Å². The second-order valence-electron chi connectivity index (χ2n) is 7.34. The van der Waals surface area contributed by atoms with Gasteiger partial charge in [0.05, 0.1) is 37.6 Å². The van der Waals surface area contributed by atoms with E-state index in [0.29, 0.717) is 13.1 Å². The maximum absolute atomic E-state index is 13.0. The molecular weight excluding hydrogens is 386 g/mol. The zero-order valence-corrected chi connectivity index (χ0v) is 17.7. The number of carbonyl (C=O) groups excluding carboxylic acids is 1. The Kier molecular flexibility index (Phi) is 6.18. The van der Waals surface area contributed by atoms with Crippen molar-refractivity contribution in [3.8, 4) is 0 Å². The summed E-state index contributed by atoms with van der Waals surface area (Å²) in [4.78, 5) is 16.7. The molecule has 1 aliphatic heterocycles. The van der Waals surface area contributed by atoms with E-state index in [1.54, 1.807) is 17.6 Å². The number of carbonyl (C=O) groups is 1. The molecule has 1 unspecified atom stereocenters. The number of aryl methyl sites for hydroxylation is 1. The number of aromatic nitrogens is 1. The van der Waals surface area contributed by atoms with Crippen LogP contribution in [0.1, 0.15) is 38.4 Å². The van der Waals surface area contributed by atoms with Crippen LogP contribution in [0.5, 0.6) is 0 Å². The molecule has 154 valence electrons. The van der Waals surface area contributed by atoms with Crippen LogP contribution in [-0.4, -0.2) is 48.2 Å². The Morgan fingerprint density at radius 3 is 2.76 bits per heavy atom. The Labute approximate surface area is 175 Å². The first kappa shape index (κ1) is 19.9. The van der Waals surface area contributed by atoms with E-state index in [-0.39, 0.29) is 11.9 Å². The molecule has 1 amide bonds. The smallest absolute Gasteiger partial charge is 0.253 e. The minimum atomic E-state index is -0.0291. The lowest BCUT2D eigenvalue weighted by Gasteiger charge is -2.34. The van der Waals surface area contributed by atoms with Gasteiger partial charge in [0.15, 0.2) is 0 Å². The highest BCUT2D eigenvalue weighted by molar-refractivity contribution is 7.10. The second kappa shape index (κ2) is 8.98. The number of ether oxygens (including phenoxy) is 1. The molecule has 3 aromatic rings. The molecule has 0 bridgehead atoms. The summed E-state index contributed by atoms with van der Waals surface area (Å²) >= 11 is 1.74. The molecule has 0 radical (unpaired) electrons. The Bertz CT molecular complexity index is 925. The lowest BCUT2D eigenvalue weighted by Crippen LogP contribution is -2.43. The van der Waals surface area contributed by atoms with Gasteiger partial charge in [0.25, 0.3) is 5.91 Å². The zero-order chi connectivity index (χ0) is 20.2. The van der Waals surface area contributed by atoms with Gasteiger partial charge in [0.1, 0.15) is 5.76 Å². The van der Waals surface area contributed by atoms with E-state index >= 15 is 0 Å². The Hall–Kier alpha value is -2.35. The summed E-state index contributed by atoms with van der Waals surface area (Å²) in [6.45, 7) is 8.48. The minimum Gasteiger partial charge on any atom is -0.467 e. The van der Waals surface area contributed by atoms with Gasteiger partial charge in [0, 0.05) is 35.9 Å². The summed E-state index contributed by atoms with van der Waals surface area (Å²) in [5.74, 6) is 0.849. The van der Waals surface area contributed by atoms with Gasteiger partial charge in [-0.15, -0.1) is 11.3 Å². The first-order valence-electron chi connectivity index (χ1n) is 9.96. The van der Waals surface area contributed by atoms with Crippen molar-refractivity contribution in [1.29, 1.82) is 0 Å². The van der Waals surface area contributed by atoms with Crippen molar-refractivity contribution < 1.29 is 13.9 Å². The SMILES string of the molecule is Cc1cc(C(=O)NCC(c2cccs2)N2CCOCC2)c(C)n1Cc1ccco1. The first-order valence-corrected chi connectivity index (χ1v) is 10.8. The standard InChI is InChI=1S/C22H27N3O3S/c1-16-13-19(17(2)25(16)15-18-5-3-9-28-18)22(26)23-14-20(21-6-4-12-29-21)24-7-10-27-11-8-24/h3-6,9,12-13,20H,7-8,10-11,14-15H2,1-2H3,(H,23,26). The number of hydrogen-bond acceptors (Lipinski definition) is 5. The van der Waals surface area contributed by atoms with Crippen molar-refractivity contribution in [2.45, 2.75) is 26.4 Å². The molecule has 0 spiro atoms. The summed E-state index contributed by atoms with van der Waals surface area (Å²) in [6, 6.07) is 10.2. The fourth-order valence-electron chi connectivity index (χ4n) is 3.90. The van der Waals surface area contributed by atoms with Crippen LogP contribution in [0.2, 0.25) is 0 Å². The third kappa shape index (κ3) is 4.47. The van der Waals surface area contributed by atoms with Crippen molar-refractivity contribution >= 4 is 17.2 Å². The van der Waals surface area contributed by atoms with E-state index < -0.39 is 0 Å². The van der Waals surface area contributed by atoms with Crippen molar-refractivity contribution in [2.24, 2.45) is 0 Å². The topological polar surface area (TPSA) is 59.6 Å². The first-order chi connectivity index (χ1) is 14.1. The Balaban J connectivity index is 1.47. The molecule has 3 aromatic heterocycles. The summed E-state index contributed by atoms with van der Waals surface area (Å²) in [6.07, 6.45) is 1.67. The average Bonchev–Trinajstić information content (AvgIpc) is 3.48. The highest BCUT2D eigenvalue weighted by atomic mass is 32.1. The average molecular weight is 414 g/mol. The van der Waals surface area contributed by atoms with Crippen molar-refractivity contribution in [3.63, 3.8) is 0 Å². The van der Waals surface area contributed by atoms with Gasteiger partial charge in [-0.2, -0.15) is 0 Å². The predicted molar refractivity (Wildman–Crippen MR) is 114 cm³/mol. The summed E-state index contributed by atoms with van der Waals surface area (Å²) in [5, 5.41) is 5.26. The third-order valence-corrected chi connectivity index (χ3v) is 6.50. The number of rotatable bonds is 7. The zero-order valence-electron chi connectivity index (χ0n) is 16.9. The van der Waals surface area contributed by atoms with E-state index in [0.717, 1.165) is 49.0 Å². The molecule has 1 N–H and O–H groups in total. The summed E-state index contributed by atoms with van der Waals surface area (Å²) in [5.41, 5.74) is 2.73. The second-order valence-corrected chi connectivity index (χ2v) is 8.32. The van der Waals surface area contributed by atoms with Crippen molar-refractivity contribution in [1.82, 2.24) is 14.8 Å². The molecule has 7 heteroatoms. The van der Waals surface area contributed by atoms with E-state index in [2.05, 4.69) is 32.3 Å². The van der Waals surface area contributed by atoms with E-state index in [1.807, 2.05) is 32.0 Å². The van der Waals surface area contributed by atoms with Crippen LogP contribution in [0.15, 0.2) is 46.4 Å². The van der Waals surface area contributed by atoms with Crippen molar-refractivity contribution in [2.75, 3.05) is 32.8 Å². The Morgan fingerprint density at radius 2 is 2.07 bits per heavy atom. The normalized spacial score (nSPS) is 16.1. The number of nitrogens with zero attached hydrogens (tertiary/aromatic N) is 2. The number of furan rings is 1. The van der Waals surface area contributed by atoms with Gasteiger partial charge < -0.3 is 19.0 Å². The molecule has 0 aliphatic carbocycles. The van der Waals surface area contributed by atoms with Crippen molar-refractivity contribution in [3.05, 3.63) is 69.6 Å². The maximum Gasteiger partial charge on any atom is 0.253 e. The largest absolute Gasteiger partial charge is 0.467 e. The summed E-state index contributed by atoms with van der Waals surface area (Å²) < 4.78 is 13.1. The van der Waals surface area contributed by atoms with Gasteiger partial charge >= 0.3 is 0 Å². The van der Waals surface area contributed by atoms with Crippen LogP contribution >= 0.6 is 11.3 Å². The number of hydrogen-bond donors (Lipinski definition) is 1. The maximum atomic E-state index is 13.0. The lowest BCUT2D eigenvalue weighted by atomic mass is 10.1. The highest BCUT2D eigenvalue weighted by Gasteiger charge is 2.25. The third-order valence-electron chi connectivity index (χ3n) is 5.53. The fourth-order valence-corrected chi connectivity index (χ4v) is 4.76. The Morgan fingerprint density at radius 1 is 1.24 bits per heavy atom. The molecule has 1 aliphatic rings. The fraction of sp³-hybridized carbons (Fsp3) is 0.409. The minimum absolute atomic E-state index is 0.0291. The number of morpholine rings is 1. The molecule has 1 saturated heterocycles. The van der Waals surface area contributed by atoms with Gasteiger partial charge in [-0.25, -0.2) is 0 Å². The van der Waals surface area contributed by atoms with E-state index in [4.69, 9.17) is 9.15 Å². The molecule has 6 nitrogen and oxygen atoms in total. The van der Waals surface area contributed by atoms with Crippen LogP contribution in [0.4, 0.5) is 0 Å². The number of amides is 1. The quantitative estimate of drug-likeness (QED) is 0.643. The highest BCUT2D eigenvalue weighted by Crippen LogP contribution is 2.26. The van der Waals surface area contributed by atoms with Crippen LogP contribution < -0.4 is 5.32 Å². The van der Waals surface area contributed by atoms with Gasteiger partial charge in [-0.1, -0.05) is 6.07 Å². The molecule has 0 saturated carbocycles. The molecule has 4 heterocycles. The van der Waals surface area contributed by atoms with Crippen LogP contribution in [0.25, 0.3) is 0 Å². The van der Waals surface area contributed by atoms with Gasteiger partial charge in [0.2, 0.25) is 0 Å². The molecule has 29 heavy (non-hydrogen) atoms.